The summed E-state index contributed by atoms with van der Waals surface area (Å²) in [6, 6.07) is 11.0. The van der Waals surface area contributed by atoms with Crippen LogP contribution >= 0.6 is 0 Å². The summed E-state index contributed by atoms with van der Waals surface area (Å²) in [5.74, 6) is -0.850. The first-order chi connectivity index (χ1) is 10.2. The molecule has 1 N–H and O–H groups in total. The zero-order chi connectivity index (χ0) is 15.1. The molecule has 0 aliphatic rings. The first kappa shape index (κ1) is 14.4. The van der Waals surface area contributed by atoms with Crippen LogP contribution in [-0.4, -0.2) is 10.9 Å². The largest absolute Gasteiger partial charge is 0.347 e. The molecule has 4 nitrogen and oxygen atoms in total. The number of nitrogens with zero attached hydrogens (tertiary/aromatic N) is 2. The second kappa shape index (κ2) is 6.96. The van der Waals surface area contributed by atoms with E-state index in [4.69, 9.17) is 5.26 Å². The Morgan fingerprint density at radius 3 is 2.71 bits per heavy atom. The van der Waals surface area contributed by atoms with Crippen molar-refractivity contribution in [3.63, 3.8) is 0 Å². The summed E-state index contributed by atoms with van der Waals surface area (Å²) in [5.41, 5.74) is 1.39. The molecule has 1 amide bonds. The van der Waals surface area contributed by atoms with Crippen LogP contribution in [0.3, 0.4) is 0 Å². The van der Waals surface area contributed by atoms with Gasteiger partial charge in [0.1, 0.15) is 17.5 Å². The summed E-state index contributed by atoms with van der Waals surface area (Å²) in [6.07, 6.45) is 4.69. The van der Waals surface area contributed by atoms with Crippen LogP contribution in [-0.2, 0) is 11.3 Å². The number of aromatic nitrogens is 1. The number of hydrogen-bond acceptors (Lipinski definition) is 3. The number of nitriles is 1. The first-order valence-corrected chi connectivity index (χ1v) is 6.23. The van der Waals surface area contributed by atoms with Crippen molar-refractivity contribution in [1.29, 1.82) is 5.26 Å². The summed E-state index contributed by atoms with van der Waals surface area (Å²) in [4.78, 5) is 15.9. The first-order valence-electron chi connectivity index (χ1n) is 6.23. The van der Waals surface area contributed by atoms with Gasteiger partial charge in [-0.1, -0.05) is 18.2 Å². The summed E-state index contributed by atoms with van der Waals surface area (Å²) >= 11 is 0. The third kappa shape index (κ3) is 4.25. The van der Waals surface area contributed by atoms with E-state index in [0.29, 0.717) is 5.56 Å². The molecule has 5 heteroatoms. The summed E-state index contributed by atoms with van der Waals surface area (Å²) in [6.45, 7) is 0.287. The third-order valence-corrected chi connectivity index (χ3v) is 2.72. The molecule has 0 aliphatic carbocycles. The summed E-state index contributed by atoms with van der Waals surface area (Å²) in [5, 5.41) is 11.7. The smallest absolute Gasteiger partial charge is 0.262 e. The number of pyridine rings is 1. The van der Waals surface area contributed by atoms with Gasteiger partial charge >= 0.3 is 0 Å². The number of carbonyl (C=O) groups excluding carboxylic acids is 1. The maximum absolute atomic E-state index is 12.8. The highest BCUT2D eigenvalue weighted by atomic mass is 19.1. The maximum Gasteiger partial charge on any atom is 0.262 e. The fraction of sp³-hybridized carbons (Fsp3) is 0.0625. The van der Waals surface area contributed by atoms with E-state index in [2.05, 4.69) is 10.3 Å². The van der Waals surface area contributed by atoms with Gasteiger partial charge in [-0.25, -0.2) is 4.39 Å². The Balaban J connectivity index is 2.05. The molecular formula is C16H12FN3O. The zero-order valence-electron chi connectivity index (χ0n) is 11.1. The van der Waals surface area contributed by atoms with Crippen LogP contribution in [0.2, 0.25) is 0 Å². The molecular weight excluding hydrogens is 269 g/mol. The van der Waals surface area contributed by atoms with E-state index < -0.39 is 5.91 Å². The average Bonchev–Trinajstić information content (AvgIpc) is 2.53. The average molecular weight is 281 g/mol. The number of rotatable bonds is 4. The second-order valence-corrected chi connectivity index (χ2v) is 4.27. The molecule has 2 rings (SSSR count). The van der Waals surface area contributed by atoms with Crippen LogP contribution in [0.5, 0.6) is 0 Å². The van der Waals surface area contributed by atoms with Crippen molar-refractivity contribution in [2.75, 3.05) is 0 Å². The SMILES string of the molecule is N#C/C(=C\c1ccc(F)cc1)C(=O)NCc1cccnc1. The lowest BCUT2D eigenvalue weighted by Crippen LogP contribution is -2.23. The minimum atomic E-state index is -0.481. The lowest BCUT2D eigenvalue weighted by atomic mass is 10.1. The van der Waals surface area contributed by atoms with Crippen molar-refractivity contribution in [2.24, 2.45) is 0 Å². The minimum absolute atomic E-state index is 0.0366. The van der Waals surface area contributed by atoms with Crippen molar-refractivity contribution < 1.29 is 9.18 Å². The van der Waals surface area contributed by atoms with E-state index in [1.54, 1.807) is 18.5 Å². The van der Waals surface area contributed by atoms with Crippen LogP contribution < -0.4 is 5.32 Å². The van der Waals surface area contributed by atoms with Crippen molar-refractivity contribution in [3.8, 4) is 6.07 Å². The molecule has 0 atom stereocenters. The number of carbonyl (C=O) groups is 1. The van der Waals surface area contributed by atoms with E-state index in [-0.39, 0.29) is 17.9 Å². The molecule has 0 aliphatic heterocycles. The van der Waals surface area contributed by atoms with Crippen LogP contribution in [0, 0.1) is 17.1 Å². The van der Waals surface area contributed by atoms with E-state index in [0.717, 1.165) is 5.56 Å². The van der Waals surface area contributed by atoms with Gasteiger partial charge in [-0.3, -0.25) is 9.78 Å². The van der Waals surface area contributed by atoms with Gasteiger partial charge in [-0.15, -0.1) is 0 Å². The molecule has 104 valence electrons. The standard InChI is InChI=1S/C16H12FN3O/c17-15-5-3-12(4-6-15)8-14(9-18)16(21)20-11-13-2-1-7-19-10-13/h1-8,10H,11H2,(H,20,21)/b14-8+. The lowest BCUT2D eigenvalue weighted by Gasteiger charge is -2.04. The molecule has 0 saturated carbocycles. The van der Waals surface area contributed by atoms with Crippen LogP contribution in [0.4, 0.5) is 4.39 Å². The zero-order valence-corrected chi connectivity index (χ0v) is 11.1. The molecule has 0 unspecified atom stereocenters. The highest BCUT2D eigenvalue weighted by Gasteiger charge is 2.08. The number of amides is 1. The van der Waals surface area contributed by atoms with E-state index in [9.17, 15) is 9.18 Å². The fourth-order valence-electron chi connectivity index (χ4n) is 1.65. The van der Waals surface area contributed by atoms with Gasteiger partial charge in [0.2, 0.25) is 0 Å². The van der Waals surface area contributed by atoms with Crippen LogP contribution in [0.1, 0.15) is 11.1 Å². The summed E-state index contributed by atoms with van der Waals surface area (Å²) in [7, 11) is 0. The van der Waals surface area contributed by atoms with Crippen molar-refractivity contribution in [2.45, 2.75) is 6.54 Å². The van der Waals surface area contributed by atoms with Gasteiger partial charge in [-0.2, -0.15) is 5.26 Å². The fourth-order valence-corrected chi connectivity index (χ4v) is 1.65. The Labute approximate surface area is 121 Å². The third-order valence-electron chi connectivity index (χ3n) is 2.72. The molecule has 0 spiro atoms. The number of halogens is 1. The van der Waals surface area contributed by atoms with Crippen molar-refractivity contribution >= 4 is 12.0 Å². The van der Waals surface area contributed by atoms with Gasteiger partial charge < -0.3 is 5.32 Å². The molecule has 0 bridgehead atoms. The quantitative estimate of drug-likeness (QED) is 0.691. The molecule has 1 aromatic heterocycles. The highest BCUT2D eigenvalue weighted by molar-refractivity contribution is 6.01. The van der Waals surface area contributed by atoms with Crippen molar-refractivity contribution in [1.82, 2.24) is 10.3 Å². The molecule has 0 radical (unpaired) electrons. The molecule has 21 heavy (non-hydrogen) atoms. The Kier molecular flexibility index (Phi) is 4.78. The minimum Gasteiger partial charge on any atom is -0.347 e. The number of benzene rings is 1. The monoisotopic (exact) mass is 281 g/mol. The summed E-state index contributed by atoms with van der Waals surface area (Å²) < 4.78 is 12.8. The normalized spacial score (nSPS) is 10.8. The molecule has 1 aromatic carbocycles. The van der Waals surface area contributed by atoms with Crippen molar-refractivity contribution in [3.05, 3.63) is 71.3 Å². The van der Waals surface area contributed by atoms with Gasteiger partial charge in [0.05, 0.1) is 0 Å². The predicted octanol–water partition coefficient (Wildman–Crippen LogP) is 2.44. The Bertz CT molecular complexity index is 688. The van der Waals surface area contributed by atoms with Crippen LogP contribution in [0.15, 0.2) is 54.4 Å². The Morgan fingerprint density at radius 2 is 2.10 bits per heavy atom. The number of hydrogen-bond donors (Lipinski definition) is 1. The van der Waals surface area contributed by atoms with Crippen LogP contribution in [0.25, 0.3) is 6.08 Å². The second-order valence-electron chi connectivity index (χ2n) is 4.27. The van der Waals surface area contributed by atoms with Gasteiger partial charge in [-0.05, 0) is 35.4 Å². The highest BCUT2D eigenvalue weighted by Crippen LogP contribution is 2.08. The molecule has 0 fully saturated rings. The maximum atomic E-state index is 12.8. The number of nitrogens with one attached hydrogen (secondary N) is 1. The molecule has 2 aromatic rings. The van der Waals surface area contributed by atoms with Gasteiger partial charge in [0, 0.05) is 18.9 Å². The van der Waals surface area contributed by atoms with E-state index in [1.165, 1.54) is 30.3 Å². The Morgan fingerprint density at radius 1 is 1.33 bits per heavy atom. The van der Waals surface area contributed by atoms with Gasteiger partial charge in [0.25, 0.3) is 5.91 Å². The predicted molar refractivity (Wildman–Crippen MR) is 76.1 cm³/mol. The molecule has 1 heterocycles. The van der Waals surface area contributed by atoms with E-state index >= 15 is 0 Å². The van der Waals surface area contributed by atoms with E-state index in [1.807, 2.05) is 12.1 Å². The Hall–Kier alpha value is -3.00. The van der Waals surface area contributed by atoms with Gasteiger partial charge in [0.15, 0.2) is 0 Å². The molecule has 0 saturated heterocycles. The lowest BCUT2D eigenvalue weighted by molar-refractivity contribution is -0.117. The topological polar surface area (TPSA) is 65.8 Å².